The topological polar surface area (TPSA) is 165 Å². The third-order valence-corrected chi connectivity index (χ3v) is 6.05. The summed E-state index contributed by atoms with van der Waals surface area (Å²) in [6.45, 7) is 0.318. The summed E-state index contributed by atoms with van der Waals surface area (Å²) in [5, 5.41) is 25.7. The Morgan fingerprint density at radius 1 is 1.09 bits per heavy atom. The van der Waals surface area contributed by atoms with Gasteiger partial charge in [-0.2, -0.15) is 0 Å². The molecule has 2 aromatic carbocycles. The van der Waals surface area contributed by atoms with E-state index in [-0.39, 0.29) is 49.9 Å². The molecule has 1 saturated heterocycles. The van der Waals surface area contributed by atoms with E-state index < -0.39 is 30.0 Å². The second-order valence-electron chi connectivity index (χ2n) is 8.48. The minimum atomic E-state index is -1.34. The largest absolute Gasteiger partial charge is 0.508 e. The van der Waals surface area contributed by atoms with Crippen LogP contribution in [0.5, 0.6) is 5.75 Å². The molecule has 5 amide bonds. The molecule has 0 radical (unpaired) electrons. The summed E-state index contributed by atoms with van der Waals surface area (Å²) in [7, 11) is 0. The average Bonchev–Trinajstić information content (AvgIpc) is 3.13. The molecule has 5 N–H and O–H groups in total. The maximum Gasteiger partial charge on any atom is 0.405 e. The number of nitrogens with zero attached hydrogens (tertiary/aromatic N) is 1. The third kappa shape index (κ3) is 5.40. The Morgan fingerprint density at radius 2 is 1.80 bits per heavy atom. The van der Waals surface area contributed by atoms with Crippen LogP contribution in [0.3, 0.4) is 0 Å². The summed E-state index contributed by atoms with van der Waals surface area (Å²) in [4.78, 5) is 61.7. The van der Waals surface area contributed by atoms with Crippen LogP contribution in [-0.2, 0) is 33.9 Å². The molecule has 182 valence electrons. The number of fused-ring (bicyclic) bond motifs is 1. The Kier molecular flexibility index (Phi) is 6.67. The first kappa shape index (κ1) is 23.7. The predicted octanol–water partition coefficient (Wildman–Crippen LogP) is 0.648. The molecule has 4 rings (SSSR count). The number of nitrogens with one attached hydrogen (secondary N) is 3. The first-order chi connectivity index (χ1) is 16.7. The van der Waals surface area contributed by atoms with Gasteiger partial charge in [-0.1, -0.05) is 24.3 Å². The summed E-state index contributed by atoms with van der Waals surface area (Å²) in [5.74, 6) is -1.59. The summed E-state index contributed by atoms with van der Waals surface area (Å²) >= 11 is 0. The van der Waals surface area contributed by atoms with Gasteiger partial charge in [0.1, 0.15) is 17.8 Å². The number of carbonyl (C=O) groups is 5. The summed E-state index contributed by atoms with van der Waals surface area (Å²) in [5.41, 5.74) is 2.54. The number of hydrogen-bond acceptors (Lipinski definition) is 6. The molecule has 2 atom stereocenters. The van der Waals surface area contributed by atoms with E-state index in [1.54, 1.807) is 30.3 Å². The Hall–Kier alpha value is -4.41. The van der Waals surface area contributed by atoms with E-state index in [0.717, 1.165) is 0 Å². The van der Waals surface area contributed by atoms with Crippen LogP contribution in [0.2, 0.25) is 0 Å². The van der Waals surface area contributed by atoms with Crippen molar-refractivity contribution < 1.29 is 34.2 Å². The summed E-state index contributed by atoms with van der Waals surface area (Å²) < 4.78 is 0. The lowest BCUT2D eigenvalue weighted by atomic mass is 10.0. The lowest BCUT2D eigenvalue weighted by molar-refractivity contribution is -0.137. The van der Waals surface area contributed by atoms with Gasteiger partial charge in [0.2, 0.25) is 17.7 Å². The highest BCUT2D eigenvalue weighted by molar-refractivity contribution is 6.05. The number of benzene rings is 2. The lowest BCUT2D eigenvalue weighted by Gasteiger charge is -2.29. The van der Waals surface area contributed by atoms with Gasteiger partial charge >= 0.3 is 6.09 Å². The third-order valence-electron chi connectivity index (χ3n) is 6.05. The lowest BCUT2D eigenvalue weighted by Crippen LogP contribution is -2.52. The van der Waals surface area contributed by atoms with Gasteiger partial charge in [-0.15, -0.1) is 0 Å². The van der Waals surface area contributed by atoms with Crippen LogP contribution in [0.25, 0.3) is 0 Å². The Morgan fingerprint density at radius 3 is 2.49 bits per heavy atom. The smallest absolute Gasteiger partial charge is 0.405 e. The maximum absolute atomic E-state index is 12.8. The number of rotatable bonds is 7. The fraction of sp³-hybridized carbons (Fsp3) is 0.292. The van der Waals surface area contributed by atoms with Gasteiger partial charge in [-0.25, -0.2) is 4.79 Å². The molecular weight excluding hydrogens is 456 g/mol. The van der Waals surface area contributed by atoms with Gasteiger partial charge in [0, 0.05) is 31.5 Å². The molecule has 0 spiro atoms. The molecular formula is C24H24N4O7. The van der Waals surface area contributed by atoms with E-state index in [1.165, 1.54) is 17.0 Å². The normalized spacial score (nSPS) is 18.0. The Balaban J connectivity index is 1.40. The van der Waals surface area contributed by atoms with Crippen LogP contribution in [0.1, 0.15) is 39.9 Å². The fourth-order valence-corrected chi connectivity index (χ4v) is 4.28. The number of carboxylic acid groups (broad SMARTS) is 1. The van der Waals surface area contributed by atoms with Crippen LogP contribution >= 0.6 is 0 Å². The van der Waals surface area contributed by atoms with E-state index in [1.807, 2.05) is 0 Å². The minimum Gasteiger partial charge on any atom is -0.508 e. The monoisotopic (exact) mass is 480 g/mol. The van der Waals surface area contributed by atoms with E-state index in [0.29, 0.717) is 22.3 Å². The molecule has 2 aromatic rings. The van der Waals surface area contributed by atoms with Crippen molar-refractivity contribution in [3.05, 3.63) is 64.7 Å². The SMILES string of the molecule is O=C(O)NC(Cc1ccc(O)cc1)C(=O)NCc1ccc2c(c1)CN(C1CCC(=O)NC1=O)C2=O. The van der Waals surface area contributed by atoms with Crippen molar-refractivity contribution in [2.75, 3.05) is 0 Å². The number of piperidine rings is 1. The van der Waals surface area contributed by atoms with E-state index in [9.17, 15) is 29.1 Å². The second kappa shape index (κ2) is 9.84. The fourth-order valence-electron chi connectivity index (χ4n) is 4.28. The molecule has 11 heteroatoms. The van der Waals surface area contributed by atoms with E-state index in [4.69, 9.17) is 5.11 Å². The quantitative estimate of drug-likeness (QED) is 0.363. The highest BCUT2D eigenvalue weighted by Crippen LogP contribution is 2.28. The predicted molar refractivity (Wildman–Crippen MR) is 121 cm³/mol. The Bertz CT molecular complexity index is 1190. The zero-order chi connectivity index (χ0) is 25.1. The number of phenols is 1. The zero-order valence-corrected chi connectivity index (χ0v) is 18.6. The van der Waals surface area contributed by atoms with Gasteiger partial charge in [-0.3, -0.25) is 24.5 Å². The highest BCUT2D eigenvalue weighted by atomic mass is 16.4. The maximum atomic E-state index is 12.8. The van der Waals surface area contributed by atoms with Crippen molar-refractivity contribution in [3.8, 4) is 5.75 Å². The highest BCUT2D eigenvalue weighted by Gasteiger charge is 2.39. The molecule has 0 saturated carbocycles. The molecule has 0 aromatic heterocycles. The van der Waals surface area contributed by atoms with Crippen LogP contribution in [0, 0.1) is 0 Å². The molecule has 1 fully saturated rings. The number of imide groups is 1. The van der Waals surface area contributed by atoms with Crippen molar-refractivity contribution in [2.45, 2.75) is 44.4 Å². The molecule has 0 bridgehead atoms. The molecule has 0 aliphatic carbocycles. The van der Waals surface area contributed by atoms with Gasteiger partial charge in [0.05, 0.1) is 0 Å². The van der Waals surface area contributed by atoms with Gasteiger partial charge in [0.25, 0.3) is 5.91 Å². The van der Waals surface area contributed by atoms with Crippen molar-refractivity contribution in [2.24, 2.45) is 0 Å². The van der Waals surface area contributed by atoms with Crippen LogP contribution in [0.15, 0.2) is 42.5 Å². The standard InChI is InChI=1S/C24H24N4O7/c29-16-4-1-13(2-5-16)10-18(26-24(34)35)21(31)25-11-14-3-6-17-15(9-14)12-28(23(17)33)19-7-8-20(30)27-22(19)32/h1-6,9,18-19,26,29H,7-8,10-12H2,(H,25,31)(H,34,35)(H,27,30,32). The van der Waals surface area contributed by atoms with Gasteiger partial charge < -0.3 is 25.7 Å². The number of carbonyl (C=O) groups excluding carboxylic acids is 4. The number of aromatic hydroxyl groups is 1. The first-order valence-corrected chi connectivity index (χ1v) is 11.0. The van der Waals surface area contributed by atoms with Crippen molar-refractivity contribution in [3.63, 3.8) is 0 Å². The molecule has 2 aliphatic rings. The molecule has 2 unspecified atom stereocenters. The van der Waals surface area contributed by atoms with Crippen LogP contribution in [0.4, 0.5) is 4.79 Å². The van der Waals surface area contributed by atoms with Crippen molar-refractivity contribution in [1.82, 2.24) is 20.9 Å². The van der Waals surface area contributed by atoms with E-state index in [2.05, 4.69) is 16.0 Å². The zero-order valence-electron chi connectivity index (χ0n) is 18.6. The Labute approximate surface area is 200 Å². The molecule has 11 nitrogen and oxygen atoms in total. The molecule has 35 heavy (non-hydrogen) atoms. The summed E-state index contributed by atoms with van der Waals surface area (Å²) in [6, 6.07) is 9.44. The number of hydrogen-bond donors (Lipinski definition) is 5. The van der Waals surface area contributed by atoms with E-state index >= 15 is 0 Å². The first-order valence-electron chi connectivity index (χ1n) is 11.0. The van der Waals surface area contributed by atoms with Crippen molar-refractivity contribution >= 4 is 29.7 Å². The van der Waals surface area contributed by atoms with Gasteiger partial charge in [-0.05, 0) is 41.3 Å². The molecule has 2 aliphatic heterocycles. The van der Waals surface area contributed by atoms with Crippen LogP contribution in [-0.4, -0.2) is 56.9 Å². The number of amides is 5. The van der Waals surface area contributed by atoms with Gasteiger partial charge in [0.15, 0.2) is 0 Å². The minimum absolute atomic E-state index is 0.0622. The summed E-state index contributed by atoms with van der Waals surface area (Å²) in [6.07, 6.45) is -0.804. The van der Waals surface area contributed by atoms with Crippen LogP contribution < -0.4 is 16.0 Å². The average molecular weight is 480 g/mol. The molecule has 2 heterocycles. The second-order valence-corrected chi connectivity index (χ2v) is 8.48. The van der Waals surface area contributed by atoms with Crippen molar-refractivity contribution in [1.29, 1.82) is 0 Å². The number of phenolic OH excluding ortho intramolecular Hbond substituents is 1.